The number of nitrogens with zero attached hydrogens (tertiary/aromatic N) is 3. The normalized spacial score (nSPS) is 9.74. The Labute approximate surface area is 119 Å². The van der Waals surface area contributed by atoms with E-state index in [4.69, 9.17) is 10.00 Å². The molecule has 1 aromatic carbocycles. The fraction of sp³-hybridized carbons (Fsp3) is 0.154. The number of nitrogens with one attached hydrogen (secondary N) is 1. The zero-order valence-electron chi connectivity index (χ0n) is 10.2. The first-order valence-electron chi connectivity index (χ1n) is 5.52. The summed E-state index contributed by atoms with van der Waals surface area (Å²) in [7, 11) is 1.55. The second-order valence-corrected chi connectivity index (χ2v) is 4.56. The summed E-state index contributed by atoms with van der Waals surface area (Å²) in [5, 5.41) is 11.7. The van der Waals surface area contributed by atoms with Crippen LogP contribution in [-0.2, 0) is 6.42 Å². The van der Waals surface area contributed by atoms with Crippen molar-refractivity contribution >= 4 is 27.6 Å². The summed E-state index contributed by atoms with van der Waals surface area (Å²) < 4.78 is 5.80. The monoisotopic (exact) mass is 318 g/mol. The van der Waals surface area contributed by atoms with Crippen LogP contribution in [0.2, 0.25) is 0 Å². The second kappa shape index (κ2) is 6.16. The number of anilines is 2. The maximum absolute atomic E-state index is 8.60. The van der Waals surface area contributed by atoms with Crippen LogP contribution < -0.4 is 10.1 Å². The Kier molecular flexibility index (Phi) is 4.31. The predicted octanol–water partition coefficient (Wildman–Crippen LogP) is 3.06. The molecule has 6 heteroatoms. The van der Waals surface area contributed by atoms with Crippen molar-refractivity contribution in [1.82, 2.24) is 9.97 Å². The molecule has 0 fully saturated rings. The van der Waals surface area contributed by atoms with Crippen molar-refractivity contribution < 1.29 is 4.74 Å². The lowest BCUT2D eigenvalue weighted by molar-refractivity contribution is 0.394. The zero-order valence-corrected chi connectivity index (χ0v) is 11.8. The van der Waals surface area contributed by atoms with Crippen molar-refractivity contribution in [1.29, 1.82) is 5.26 Å². The molecule has 0 amide bonds. The van der Waals surface area contributed by atoms with E-state index in [1.165, 1.54) is 0 Å². The van der Waals surface area contributed by atoms with E-state index in [0.29, 0.717) is 22.7 Å². The molecule has 0 unspecified atom stereocenters. The Hall–Kier alpha value is -2.13. The number of nitriles is 1. The Morgan fingerprint density at radius 3 is 2.74 bits per heavy atom. The van der Waals surface area contributed by atoms with E-state index in [0.717, 1.165) is 11.3 Å². The van der Waals surface area contributed by atoms with E-state index < -0.39 is 0 Å². The molecule has 19 heavy (non-hydrogen) atoms. The van der Waals surface area contributed by atoms with E-state index in [1.807, 2.05) is 24.3 Å². The number of ether oxygens (including phenoxy) is 1. The molecule has 0 atom stereocenters. The average molecular weight is 319 g/mol. The molecule has 2 rings (SSSR count). The van der Waals surface area contributed by atoms with Crippen LogP contribution in [0.25, 0.3) is 0 Å². The fourth-order valence-electron chi connectivity index (χ4n) is 1.48. The number of aromatic nitrogens is 2. The minimum Gasteiger partial charge on any atom is -0.480 e. The highest BCUT2D eigenvalue weighted by atomic mass is 79.9. The molecule has 0 bridgehead atoms. The van der Waals surface area contributed by atoms with Crippen molar-refractivity contribution in [3.8, 4) is 11.9 Å². The highest BCUT2D eigenvalue weighted by Gasteiger charge is 2.05. The number of halogens is 1. The highest BCUT2D eigenvalue weighted by Crippen LogP contribution is 2.23. The third kappa shape index (κ3) is 3.42. The standard InChI is InChI=1S/C13H11BrN4O/c1-19-12-11(14)8-16-13(18-12)17-10-4-2-9(3-5-10)6-7-15/h2-5,8H,6H2,1H3,(H,16,17,18). The first-order valence-corrected chi connectivity index (χ1v) is 6.31. The van der Waals surface area contributed by atoms with E-state index in [-0.39, 0.29) is 0 Å². The van der Waals surface area contributed by atoms with Crippen molar-refractivity contribution in [2.24, 2.45) is 0 Å². The Bertz CT molecular complexity index is 607. The minimum absolute atomic E-state index is 0.406. The van der Waals surface area contributed by atoms with Gasteiger partial charge in [-0.25, -0.2) is 4.98 Å². The zero-order chi connectivity index (χ0) is 13.7. The van der Waals surface area contributed by atoms with Crippen LogP contribution in [-0.4, -0.2) is 17.1 Å². The van der Waals surface area contributed by atoms with Gasteiger partial charge in [-0.15, -0.1) is 0 Å². The molecule has 0 radical (unpaired) electrons. The molecular weight excluding hydrogens is 308 g/mol. The minimum atomic E-state index is 0.406. The molecule has 0 aliphatic heterocycles. The third-order valence-corrected chi connectivity index (χ3v) is 2.94. The van der Waals surface area contributed by atoms with E-state index in [2.05, 4.69) is 37.3 Å². The van der Waals surface area contributed by atoms with E-state index in [9.17, 15) is 0 Å². The van der Waals surface area contributed by atoms with Crippen LogP contribution in [0.1, 0.15) is 5.56 Å². The van der Waals surface area contributed by atoms with Gasteiger partial charge in [0.15, 0.2) is 0 Å². The summed E-state index contributed by atoms with van der Waals surface area (Å²) in [6.07, 6.45) is 2.03. The van der Waals surface area contributed by atoms with Crippen LogP contribution >= 0.6 is 15.9 Å². The quantitative estimate of drug-likeness (QED) is 0.938. The van der Waals surface area contributed by atoms with Gasteiger partial charge in [0.1, 0.15) is 0 Å². The van der Waals surface area contributed by atoms with Gasteiger partial charge < -0.3 is 10.1 Å². The summed E-state index contributed by atoms with van der Waals surface area (Å²) in [6.45, 7) is 0. The first kappa shape index (κ1) is 13.3. The van der Waals surface area contributed by atoms with Gasteiger partial charge in [0.2, 0.25) is 11.8 Å². The largest absolute Gasteiger partial charge is 0.480 e. The molecule has 0 saturated carbocycles. The fourth-order valence-corrected chi connectivity index (χ4v) is 1.83. The molecule has 0 aliphatic carbocycles. The van der Waals surface area contributed by atoms with Crippen LogP contribution in [0.4, 0.5) is 11.6 Å². The van der Waals surface area contributed by atoms with Crippen molar-refractivity contribution in [3.05, 3.63) is 40.5 Å². The van der Waals surface area contributed by atoms with Crippen LogP contribution in [0.15, 0.2) is 34.9 Å². The summed E-state index contributed by atoms with van der Waals surface area (Å²) in [5.41, 5.74) is 1.83. The Balaban J connectivity index is 2.14. The topological polar surface area (TPSA) is 70.8 Å². The Morgan fingerprint density at radius 2 is 2.11 bits per heavy atom. The average Bonchev–Trinajstić information content (AvgIpc) is 2.43. The maximum Gasteiger partial charge on any atom is 0.232 e. The van der Waals surface area contributed by atoms with Gasteiger partial charge >= 0.3 is 0 Å². The lowest BCUT2D eigenvalue weighted by Gasteiger charge is -2.07. The van der Waals surface area contributed by atoms with E-state index >= 15 is 0 Å². The number of methoxy groups -OCH3 is 1. The summed E-state index contributed by atoms with van der Waals surface area (Å²) in [5.74, 6) is 0.923. The second-order valence-electron chi connectivity index (χ2n) is 3.71. The molecular formula is C13H11BrN4O. The summed E-state index contributed by atoms with van der Waals surface area (Å²) in [4.78, 5) is 8.34. The lowest BCUT2D eigenvalue weighted by Crippen LogP contribution is -1.99. The third-order valence-electron chi connectivity index (χ3n) is 2.40. The molecule has 1 aromatic heterocycles. The van der Waals surface area contributed by atoms with Gasteiger partial charge in [0.25, 0.3) is 0 Å². The van der Waals surface area contributed by atoms with Gasteiger partial charge in [-0.1, -0.05) is 12.1 Å². The van der Waals surface area contributed by atoms with Gasteiger partial charge in [-0.3, -0.25) is 0 Å². The number of benzene rings is 1. The predicted molar refractivity (Wildman–Crippen MR) is 75.3 cm³/mol. The van der Waals surface area contributed by atoms with Crippen molar-refractivity contribution in [2.75, 3.05) is 12.4 Å². The van der Waals surface area contributed by atoms with Crippen molar-refractivity contribution in [2.45, 2.75) is 6.42 Å². The van der Waals surface area contributed by atoms with Gasteiger partial charge in [0, 0.05) is 5.69 Å². The molecule has 0 spiro atoms. The van der Waals surface area contributed by atoms with Gasteiger partial charge in [-0.05, 0) is 33.6 Å². The van der Waals surface area contributed by atoms with E-state index in [1.54, 1.807) is 13.3 Å². The lowest BCUT2D eigenvalue weighted by atomic mass is 10.1. The first-order chi connectivity index (χ1) is 9.22. The summed E-state index contributed by atoms with van der Waals surface area (Å²) in [6, 6.07) is 9.65. The number of rotatable bonds is 4. The highest BCUT2D eigenvalue weighted by molar-refractivity contribution is 9.10. The molecule has 0 aliphatic rings. The molecule has 2 aromatic rings. The van der Waals surface area contributed by atoms with Crippen LogP contribution in [0.3, 0.4) is 0 Å². The Morgan fingerprint density at radius 1 is 1.37 bits per heavy atom. The van der Waals surface area contributed by atoms with Crippen LogP contribution in [0, 0.1) is 11.3 Å². The number of hydrogen-bond donors (Lipinski definition) is 1. The van der Waals surface area contributed by atoms with Crippen molar-refractivity contribution in [3.63, 3.8) is 0 Å². The van der Waals surface area contributed by atoms with Crippen LogP contribution in [0.5, 0.6) is 5.88 Å². The van der Waals surface area contributed by atoms with Gasteiger partial charge in [0.05, 0.1) is 30.3 Å². The molecule has 1 heterocycles. The maximum atomic E-state index is 8.60. The molecule has 96 valence electrons. The number of hydrogen-bond acceptors (Lipinski definition) is 5. The molecule has 5 nitrogen and oxygen atoms in total. The smallest absolute Gasteiger partial charge is 0.232 e. The SMILES string of the molecule is COc1nc(Nc2ccc(CC#N)cc2)ncc1Br. The molecule has 0 saturated heterocycles. The van der Waals surface area contributed by atoms with Gasteiger partial charge in [-0.2, -0.15) is 10.2 Å². The summed E-state index contributed by atoms with van der Waals surface area (Å²) >= 11 is 3.29. The molecule has 1 N–H and O–H groups in total.